The first-order valence-corrected chi connectivity index (χ1v) is 10.8. The quantitative estimate of drug-likeness (QED) is 0.654. The first-order valence-electron chi connectivity index (χ1n) is 10.8. The van der Waals surface area contributed by atoms with Gasteiger partial charge in [0.15, 0.2) is 11.5 Å². The van der Waals surface area contributed by atoms with Gasteiger partial charge in [-0.15, -0.1) is 0 Å². The molecule has 2 saturated heterocycles. The van der Waals surface area contributed by atoms with E-state index in [0.717, 1.165) is 36.3 Å². The molecule has 3 fully saturated rings. The molecule has 0 N–H and O–H groups in total. The predicted octanol–water partition coefficient (Wildman–Crippen LogP) is 2.18. The van der Waals surface area contributed by atoms with Gasteiger partial charge in [0, 0.05) is 38.5 Å². The molecule has 2 heterocycles. The molecule has 8 heteroatoms. The summed E-state index contributed by atoms with van der Waals surface area (Å²) in [7, 11) is 8.73. The van der Waals surface area contributed by atoms with Gasteiger partial charge in [0.2, 0.25) is 5.79 Å². The first-order chi connectivity index (χ1) is 14.9. The van der Waals surface area contributed by atoms with Gasteiger partial charge < -0.3 is 28.4 Å². The van der Waals surface area contributed by atoms with E-state index in [2.05, 4.69) is 18.0 Å². The van der Waals surface area contributed by atoms with E-state index in [1.807, 2.05) is 6.07 Å². The second kappa shape index (κ2) is 6.81. The molecule has 2 aliphatic heterocycles. The van der Waals surface area contributed by atoms with Crippen LogP contribution in [0.5, 0.6) is 11.5 Å². The number of nitrogens with zero attached hydrogens (tertiary/aromatic N) is 1. The maximum atomic E-state index is 12.1. The molecule has 170 valence electrons. The number of hydrogen-bond donors (Lipinski definition) is 0. The second-order valence-corrected chi connectivity index (χ2v) is 9.07. The highest BCUT2D eigenvalue weighted by atomic mass is 16.7. The smallest absolute Gasteiger partial charge is 0.302 e. The standard InChI is InChI=1S/C23H31NO7/c1-13(25)30-17-11-21-9-10-24(2)22(21)12-16(31-23(22,29-6)20(17)28-5)14-7-8-15(26-3)19(27-4)18(14)21/h7-8,16-17,20H,9-12H2,1-6H3/t16-,17-,20-,21-,22-,23+/m0/s1. The highest BCUT2D eigenvalue weighted by molar-refractivity contribution is 5.67. The van der Waals surface area contributed by atoms with Crippen molar-refractivity contribution in [1.29, 1.82) is 0 Å². The molecule has 0 radical (unpaired) electrons. The lowest BCUT2D eigenvalue weighted by molar-refractivity contribution is -0.340. The van der Waals surface area contributed by atoms with Crippen molar-refractivity contribution in [2.75, 3.05) is 42.0 Å². The summed E-state index contributed by atoms with van der Waals surface area (Å²) >= 11 is 0. The minimum Gasteiger partial charge on any atom is -0.493 e. The van der Waals surface area contributed by atoms with Crippen molar-refractivity contribution in [3.63, 3.8) is 0 Å². The molecule has 2 aliphatic carbocycles. The average Bonchev–Trinajstić information content (AvgIpc) is 3.26. The van der Waals surface area contributed by atoms with Gasteiger partial charge in [-0.2, -0.15) is 0 Å². The van der Waals surface area contributed by atoms with Crippen molar-refractivity contribution < 1.29 is 33.2 Å². The van der Waals surface area contributed by atoms with Crippen molar-refractivity contribution in [3.8, 4) is 11.5 Å². The van der Waals surface area contributed by atoms with Crippen LogP contribution in [0.15, 0.2) is 12.1 Å². The van der Waals surface area contributed by atoms with E-state index in [1.54, 1.807) is 28.4 Å². The Morgan fingerprint density at radius 2 is 1.94 bits per heavy atom. The number of rotatable bonds is 5. The van der Waals surface area contributed by atoms with Gasteiger partial charge in [0.05, 0.1) is 25.9 Å². The lowest BCUT2D eigenvalue weighted by Crippen LogP contribution is -2.77. The van der Waals surface area contributed by atoms with Crippen LogP contribution in [-0.4, -0.2) is 76.4 Å². The average molecular weight is 434 g/mol. The van der Waals surface area contributed by atoms with E-state index >= 15 is 0 Å². The number of carbonyl (C=O) groups is 1. The molecule has 0 aromatic heterocycles. The van der Waals surface area contributed by atoms with Crippen molar-refractivity contribution >= 4 is 5.97 Å². The molecule has 1 aromatic rings. The van der Waals surface area contributed by atoms with Crippen molar-refractivity contribution in [3.05, 3.63) is 23.3 Å². The van der Waals surface area contributed by atoms with Crippen LogP contribution in [-0.2, 0) is 29.2 Å². The molecular weight excluding hydrogens is 402 g/mol. The monoisotopic (exact) mass is 433 g/mol. The lowest BCUT2D eigenvalue weighted by atomic mass is 9.50. The van der Waals surface area contributed by atoms with Crippen LogP contribution in [0.4, 0.5) is 0 Å². The third-order valence-corrected chi connectivity index (χ3v) is 8.23. The Morgan fingerprint density at radius 3 is 2.55 bits per heavy atom. The number of hydrogen-bond acceptors (Lipinski definition) is 8. The number of benzene rings is 1. The molecule has 2 bridgehead atoms. The van der Waals surface area contributed by atoms with E-state index in [9.17, 15) is 4.79 Å². The second-order valence-electron chi connectivity index (χ2n) is 9.07. The summed E-state index contributed by atoms with van der Waals surface area (Å²) in [6.45, 7) is 2.28. The Balaban J connectivity index is 1.85. The largest absolute Gasteiger partial charge is 0.493 e. The van der Waals surface area contributed by atoms with Gasteiger partial charge in [0.25, 0.3) is 0 Å². The van der Waals surface area contributed by atoms with E-state index in [0.29, 0.717) is 12.2 Å². The minimum absolute atomic E-state index is 0.197. The molecule has 4 aliphatic rings. The van der Waals surface area contributed by atoms with Crippen LogP contribution in [0.3, 0.4) is 0 Å². The molecule has 31 heavy (non-hydrogen) atoms. The van der Waals surface area contributed by atoms with Crippen molar-refractivity contribution in [1.82, 2.24) is 4.90 Å². The summed E-state index contributed by atoms with van der Waals surface area (Å²) in [5.74, 6) is -0.0494. The summed E-state index contributed by atoms with van der Waals surface area (Å²) in [4.78, 5) is 14.4. The zero-order valence-corrected chi connectivity index (χ0v) is 19.0. The van der Waals surface area contributed by atoms with Crippen LogP contribution < -0.4 is 9.47 Å². The van der Waals surface area contributed by atoms with Gasteiger partial charge in [-0.3, -0.25) is 9.69 Å². The van der Waals surface area contributed by atoms with Gasteiger partial charge in [-0.1, -0.05) is 6.07 Å². The molecule has 6 atom stereocenters. The van der Waals surface area contributed by atoms with Crippen LogP contribution in [0.1, 0.15) is 43.4 Å². The fourth-order valence-electron chi connectivity index (χ4n) is 7.37. The van der Waals surface area contributed by atoms with Crippen LogP contribution in [0.2, 0.25) is 0 Å². The van der Waals surface area contributed by atoms with E-state index in [4.69, 9.17) is 28.4 Å². The molecule has 1 spiro atoms. The molecular formula is C23H31NO7. The first kappa shape index (κ1) is 21.0. The zero-order chi connectivity index (χ0) is 22.2. The Morgan fingerprint density at radius 1 is 1.16 bits per heavy atom. The molecule has 1 aromatic carbocycles. The molecule has 5 rings (SSSR count). The van der Waals surface area contributed by atoms with Gasteiger partial charge in [-0.25, -0.2) is 0 Å². The Bertz CT molecular complexity index is 921. The van der Waals surface area contributed by atoms with Gasteiger partial charge in [0.1, 0.15) is 12.2 Å². The summed E-state index contributed by atoms with van der Waals surface area (Å²) in [6.07, 6.45) is 0.928. The SMILES string of the molecule is COc1ccc2c(c1OC)[C@@]13CCN(C)[C@@]14C[C@@H]2O[C@]4(OC)[C@@H](OC)[C@@H](OC(C)=O)C3. The van der Waals surface area contributed by atoms with Crippen LogP contribution >= 0.6 is 0 Å². The van der Waals surface area contributed by atoms with Crippen LogP contribution in [0, 0.1) is 0 Å². The third kappa shape index (κ3) is 2.21. The topological polar surface area (TPSA) is 75.7 Å². The number of likely N-dealkylation sites (N-methyl/N-ethyl adjacent to an activating group) is 1. The minimum atomic E-state index is -1.10. The predicted molar refractivity (Wildman–Crippen MR) is 110 cm³/mol. The van der Waals surface area contributed by atoms with Gasteiger partial charge >= 0.3 is 5.97 Å². The maximum Gasteiger partial charge on any atom is 0.302 e. The highest BCUT2D eigenvalue weighted by Crippen LogP contribution is 2.73. The van der Waals surface area contributed by atoms with E-state index in [-0.39, 0.29) is 12.1 Å². The fraction of sp³-hybridized carbons (Fsp3) is 0.696. The molecule has 8 nitrogen and oxygen atoms in total. The van der Waals surface area contributed by atoms with E-state index < -0.39 is 28.9 Å². The van der Waals surface area contributed by atoms with Crippen LogP contribution in [0.25, 0.3) is 0 Å². The normalized spacial score (nSPS) is 40.3. The Hall–Kier alpha value is -1.87. The number of methoxy groups -OCH3 is 4. The van der Waals surface area contributed by atoms with Crippen molar-refractivity contribution in [2.45, 2.75) is 61.2 Å². The number of esters is 1. The highest BCUT2D eigenvalue weighted by Gasteiger charge is 2.83. The summed E-state index contributed by atoms with van der Waals surface area (Å²) < 4.78 is 36.5. The number of ether oxygens (including phenoxy) is 6. The van der Waals surface area contributed by atoms with E-state index in [1.165, 1.54) is 6.92 Å². The molecule has 0 unspecified atom stereocenters. The zero-order valence-electron chi connectivity index (χ0n) is 19.0. The number of fused-ring (bicyclic) bond motifs is 3. The Kier molecular flexibility index (Phi) is 4.61. The summed E-state index contributed by atoms with van der Waals surface area (Å²) in [5, 5.41) is 0. The van der Waals surface area contributed by atoms with Crippen molar-refractivity contribution in [2.24, 2.45) is 0 Å². The number of likely N-dealkylation sites (tertiary alicyclic amines) is 1. The summed E-state index contributed by atoms with van der Waals surface area (Å²) in [6, 6.07) is 4.01. The fourth-order valence-corrected chi connectivity index (χ4v) is 7.37. The molecule has 1 saturated carbocycles. The lowest BCUT2D eigenvalue weighted by Gasteiger charge is -2.61. The maximum absolute atomic E-state index is 12.1. The van der Waals surface area contributed by atoms with Gasteiger partial charge in [-0.05, 0) is 38.1 Å². The third-order valence-electron chi connectivity index (χ3n) is 8.23. The number of carbonyl (C=O) groups excluding carboxylic acids is 1. The molecule has 0 amide bonds. The Labute approximate surface area is 182 Å². The summed E-state index contributed by atoms with van der Waals surface area (Å²) in [5.41, 5.74) is 1.25.